The fourth-order valence-corrected chi connectivity index (χ4v) is 2.69. The molecule has 0 bridgehead atoms. The van der Waals surface area contributed by atoms with Gasteiger partial charge in [-0.1, -0.05) is 35.0 Å². The molecule has 0 saturated carbocycles. The van der Waals surface area contributed by atoms with Gasteiger partial charge in [0, 0.05) is 12.7 Å². The van der Waals surface area contributed by atoms with Crippen LogP contribution in [0.4, 0.5) is 13.2 Å². The Morgan fingerprint density at radius 1 is 1.11 bits per heavy atom. The van der Waals surface area contributed by atoms with Crippen LogP contribution < -0.4 is 4.74 Å². The van der Waals surface area contributed by atoms with Gasteiger partial charge >= 0.3 is 16.3 Å². The molecule has 0 aliphatic heterocycles. The lowest BCUT2D eigenvalue weighted by Crippen LogP contribution is -2.25. The summed E-state index contributed by atoms with van der Waals surface area (Å²) in [5.74, 6) is 0.0905. The maximum absolute atomic E-state index is 13.3. The van der Waals surface area contributed by atoms with Crippen LogP contribution in [0.15, 0.2) is 58.6 Å². The van der Waals surface area contributed by atoms with Crippen molar-refractivity contribution in [2.75, 3.05) is 13.9 Å². The minimum Gasteiger partial charge on any atom is -0.468 e. The van der Waals surface area contributed by atoms with Gasteiger partial charge in [-0.05, 0) is 31.2 Å². The molecule has 0 saturated heterocycles. The topological polar surface area (TPSA) is 74.2 Å². The Labute approximate surface area is 154 Å². The second kappa shape index (κ2) is 8.40. The zero-order valence-corrected chi connectivity index (χ0v) is 15.2. The highest BCUT2D eigenvalue weighted by molar-refractivity contribution is 7.86. The highest BCUT2D eigenvalue weighted by Crippen LogP contribution is 2.26. The van der Waals surface area contributed by atoms with Gasteiger partial charge in [0.2, 0.25) is 0 Å². The molecule has 6 nitrogen and oxygen atoms in total. The van der Waals surface area contributed by atoms with Crippen molar-refractivity contribution in [3.63, 3.8) is 0 Å². The van der Waals surface area contributed by atoms with Crippen LogP contribution in [0.5, 0.6) is 5.75 Å². The molecule has 10 heteroatoms. The molecule has 27 heavy (non-hydrogen) atoms. The first-order valence-electron chi connectivity index (χ1n) is 7.51. The van der Waals surface area contributed by atoms with Gasteiger partial charge < -0.3 is 9.47 Å². The van der Waals surface area contributed by atoms with E-state index in [1.54, 1.807) is 6.92 Å². The van der Waals surface area contributed by atoms with E-state index in [-0.39, 0.29) is 17.4 Å². The minimum absolute atomic E-state index is 0.0905. The largest absolute Gasteiger partial charge is 0.468 e. The van der Waals surface area contributed by atoms with Crippen molar-refractivity contribution in [3.05, 3.63) is 59.7 Å². The molecule has 0 amide bonds. The molecule has 0 aromatic heterocycles. The Morgan fingerprint density at radius 3 is 2.37 bits per heavy atom. The van der Waals surface area contributed by atoms with Crippen molar-refractivity contribution in [3.8, 4) is 5.75 Å². The third-order valence-corrected chi connectivity index (χ3v) is 4.38. The van der Waals surface area contributed by atoms with Crippen LogP contribution in [-0.2, 0) is 19.1 Å². The molecule has 0 aliphatic carbocycles. The first-order valence-corrected chi connectivity index (χ1v) is 8.92. The fraction of sp³-hybridized carbons (Fsp3) is 0.235. The van der Waals surface area contributed by atoms with Gasteiger partial charge in [-0.3, -0.25) is 4.28 Å². The van der Waals surface area contributed by atoms with Crippen molar-refractivity contribution in [1.29, 1.82) is 0 Å². The first kappa shape index (κ1) is 20.7. The van der Waals surface area contributed by atoms with E-state index in [1.165, 1.54) is 43.5 Å². The zero-order chi connectivity index (χ0) is 20.1. The summed E-state index contributed by atoms with van der Waals surface area (Å²) < 4.78 is 78.3. The third-order valence-electron chi connectivity index (χ3n) is 3.26. The molecule has 0 N–H and O–H groups in total. The maximum atomic E-state index is 13.3. The molecule has 0 radical (unpaired) electrons. The van der Waals surface area contributed by atoms with Crippen molar-refractivity contribution >= 4 is 15.8 Å². The molecular weight excluding hydrogens is 387 g/mol. The molecule has 0 spiro atoms. The van der Waals surface area contributed by atoms with Crippen molar-refractivity contribution < 1.29 is 35.3 Å². The molecular formula is C17H16F3NO5S. The number of nitrogens with zero attached hydrogens (tertiary/aromatic N) is 1. The van der Waals surface area contributed by atoms with Gasteiger partial charge in [-0.2, -0.15) is 21.6 Å². The SMILES string of the molecule is COCOc1cccc(C(=NOS(=O)(=O)c2ccc(C)cc2)C(F)(F)F)c1. The van der Waals surface area contributed by atoms with Crippen molar-refractivity contribution in [2.45, 2.75) is 18.0 Å². The highest BCUT2D eigenvalue weighted by Gasteiger charge is 2.38. The Kier molecular flexibility index (Phi) is 6.45. The number of halogens is 3. The second-order valence-corrected chi connectivity index (χ2v) is 6.89. The van der Waals surface area contributed by atoms with E-state index >= 15 is 0 Å². The monoisotopic (exact) mass is 403 g/mol. The number of aryl methyl sites for hydroxylation is 1. The molecule has 2 rings (SSSR count). The fourth-order valence-electron chi connectivity index (χ4n) is 1.96. The standard InChI is InChI=1S/C17H16F3NO5S/c1-12-6-8-15(9-7-12)27(22,23)26-21-16(17(18,19)20)13-4-3-5-14(10-13)25-11-24-2/h3-10H,11H2,1-2H3. The minimum atomic E-state index is -4.96. The summed E-state index contributed by atoms with van der Waals surface area (Å²) in [6, 6.07) is 10.3. The number of alkyl halides is 3. The number of hydrogen-bond acceptors (Lipinski definition) is 6. The summed E-state index contributed by atoms with van der Waals surface area (Å²) >= 11 is 0. The molecule has 0 fully saturated rings. The van der Waals surface area contributed by atoms with Crippen LogP contribution in [0.2, 0.25) is 0 Å². The number of oxime groups is 1. The lowest BCUT2D eigenvalue weighted by Gasteiger charge is -2.12. The number of hydrogen-bond donors (Lipinski definition) is 0. The number of rotatable bonds is 7. The molecule has 0 atom stereocenters. The predicted octanol–water partition coefficient (Wildman–Crippen LogP) is 3.65. The Bertz CT molecular complexity index is 909. The van der Waals surface area contributed by atoms with Gasteiger partial charge in [0.25, 0.3) is 0 Å². The second-order valence-electron chi connectivity index (χ2n) is 5.36. The molecule has 146 valence electrons. The van der Waals surface area contributed by atoms with Crippen molar-refractivity contribution in [2.24, 2.45) is 5.16 Å². The van der Waals surface area contributed by atoms with Crippen LogP contribution >= 0.6 is 0 Å². The van der Waals surface area contributed by atoms with E-state index in [4.69, 9.17) is 4.74 Å². The Balaban J connectivity index is 2.35. The third kappa shape index (κ3) is 5.69. The quantitative estimate of drug-likeness (QED) is 0.401. The maximum Gasteiger partial charge on any atom is 0.437 e. The zero-order valence-electron chi connectivity index (χ0n) is 14.4. The van der Waals surface area contributed by atoms with E-state index in [9.17, 15) is 21.6 Å². The number of ether oxygens (including phenoxy) is 2. The lowest BCUT2D eigenvalue weighted by molar-refractivity contribution is -0.0597. The van der Waals surface area contributed by atoms with E-state index in [0.29, 0.717) is 0 Å². The average Bonchev–Trinajstić information content (AvgIpc) is 2.59. The van der Waals surface area contributed by atoms with E-state index < -0.39 is 27.6 Å². The van der Waals surface area contributed by atoms with Crippen LogP contribution in [0.3, 0.4) is 0 Å². The summed E-state index contributed by atoms with van der Waals surface area (Å²) in [6.07, 6.45) is -4.96. The van der Waals surface area contributed by atoms with Crippen molar-refractivity contribution in [1.82, 2.24) is 0 Å². The van der Waals surface area contributed by atoms with Gasteiger partial charge in [-0.15, -0.1) is 0 Å². The molecule has 2 aromatic rings. The van der Waals surface area contributed by atoms with Gasteiger partial charge in [0.1, 0.15) is 10.6 Å². The normalized spacial score (nSPS) is 12.7. The van der Waals surface area contributed by atoms with E-state index in [0.717, 1.165) is 17.7 Å². The van der Waals surface area contributed by atoms with Crippen LogP contribution in [0.1, 0.15) is 11.1 Å². The van der Waals surface area contributed by atoms with Crippen LogP contribution in [0, 0.1) is 6.92 Å². The van der Waals surface area contributed by atoms with Gasteiger partial charge in [-0.25, -0.2) is 0 Å². The number of benzene rings is 2. The summed E-state index contributed by atoms with van der Waals surface area (Å²) in [6.45, 7) is 1.57. The average molecular weight is 403 g/mol. The van der Waals surface area contributed by atoms with E-state index in [1.807, 2.05) is 0 Å². The Hall–Kier alpha value is -2.59. The Morgan fingerprint density at radius 2 is 1.78 bits per heavy atom. The van der Waals surface area contributed by atoms with Gasteiger partial charge in [0.15, 0.2) is 12.5 Å². The van der Waals surface area contributed by atoms with Gasteiger partial charge in [0.05, 0.1) is 0 Å². The highest BCUT2D eigenvalue weighted by atomic mass is 32.2. The lowest BCUT2D eigenvalue weighted by atomic mass is 10.1. The molecule has 2 aromatic carbocycles. The van der Waals surface area contributed by atoms with Crippen LogP contribution in [-0.4, -0.2) is 34.2 Å². The summed E-state index contributed by atoms with van der Waals surface area (Å²) in [5, 5.41) is 2.87. The smallest absolute Gasteiger partial charge is 0.437 e. The molecule has 0 aliphatic rings. The first-order chi connectivity index (χ1) is 12.6. The van der Waals surface area contributed by atoms with Crippen LogP contribution in [0.25, 0.3) is 0 Å². The number of methoxy groups -OCH3 is 1. The summed E-state index contributed by atoms with van der Waals surface area (Å²) in [5.41, 5.74) is -1.16. The predicted molar refractivity (Wildman–Crippen MR) is 91.0 cm³/mol. The summed E-state index contributed by atoms with van der Waals surface area (Å²) in [4.78, 5) is -0.310. The molecule has 0 unspecified atom stereocenters. The van der Waals surface area contributed by atoms with E-state index in [2.05, 4.69) is 14.2 Å². The summed E-state index contributed by atoms with van der Waals surface area (Å²) in [7, 11) is -3.15. The molecule has 0 heterocycles.